The van der Waals surface area contributed by atoms with Crippen molar-refractivity contribution in [2.75, 3.05) is 6.61 Å². The Morgan fingerprint density at radius 1 is 1.10 bits per heavy atom. The Kier molecular flexibility index (Phi) is 5.21. The molecule has 0 saturated heterocycles. The summed E-state index contributed by atoms with van der Waals surface area (Å²) >= 11 is 5.88. The van der Waals surface area contributed by atoms with E-state index in [9.17, 15) is 5.26 Å². The van der Waals surface area contributed by atoms with Gasteiger partial charge in [-0.3, -0.25) is 0 Å². The third-order valence-electron chi connectivity index (χ3n) is 3.05. The van der Waals surface area contributed by atoms with Gasteiger partial charge in [0.2, 0.25) is 0 Å². The van der Waals surface area contributed by atoms with Crippen molar-refractivity contribution >= 4 is 11.6 Å². The van der Waals surface area contributed by atoms with E-state index < -0.39 is 0 Å². The quantitative estimate of drug-likeness (QED) is 0.827. The Morgan fingerprint density at radius 2 is 1.90 bits per heavy atom. The van der Waals surface area contributed by atoms with Gasteiger partial charge in [0.15, 0.2) is 0 Å². The second-order valence-electron chi connectivity index (χ2n) is 4.51. The minimum atomic E-state index is -0.294. The fourth-order valence-electron chi connectivity index (χ4n) is 1.98. The van der Waals surface area contributed by atoms with Gasteiger partial charge in [0.1, 0.15) is 5.75 Å². The van der Waals surface area contributed by atoms with E-state index in [0.29, 0.717) is 29.4 Å². The Balaban J connectivity index is 1.97. The van der Waals surface area contributed by atoms with Crippen LogP contribution in [0.4, 0.5) is 0 Å². The molecule has 0 saturated carbocycles. The van der Waals surface area contributed by atoms with Gasteiger partial charge in [0.05, 0.1) is 30.2 Å². The average Bonchev–Trinajstić information content (AvgIpc) is 2.52. The number of nitrogens with zero attached hydrogens (tertiary/aromatic N) is 2. The second-order valence-corrected chi connectivity index (χ2v) is 4.95. The largest absolute Gasteiger partial charge is 0.493 e. The van der Waals surface area contributed by atoms with Crippen molar-refractivity contribution in [2.24, 2.45) is 0 Å². The van der Waals surface area contributed by atoms with Crippen molar-refractivity contribution in [2.45, 2.75) is 12.3 Å². The van der Waals surface area contributed by atoms with Gasteiger partial charge < -0.3 is 4.74 Å². The number of hydrogen-bond donors (Lipinski definition) is 0. The maximum Gasteiger partial charge on any atom is 0.120 e. The summed E-state index contributed by atoms with van der Waals surface area (Å²) in [7, 11) is 0. The Hall–Kier alpha value is -2.49. The lowest BCUT2D eigenvalue weighted by atomic mass is 9.96. The first kappa shape index (κ1) is 14.9. The highest BCUT2D eigenvalue weighted by molar-refractivity contribution is 6.30. The molecule has 21 heavy (non-hydrogen) atoms. The summed E-state index contributed by atoms with van der Waals surface area (Å²) in [6, 6.07) is 18.6. The number of benzene rings is 2. The maximum absolute atomic E-state index is 9.27. The van der Waals surface area contributed by atoms with Crippen LogP contribution in [0.25, 0.3) is 0 Å². The van der Waals surface area contributed by atoms with Crippen LogP contribution in [0, 0.1) is 22.7 Å². The number of hydrogen-bond acceptors (Lipinski definition) is 3. The van der Waals surface area contributed by atoms with E-state index in [1.807, 2.05) is 18.2 Å². The number of rotatable bonds is 5. The highest BCUT2D eigenvalue weighted by Gasteiger charge is 2.11. The summed E-state index contributed by atoms with van der Waals surface area (Å²) in [4.78, 5) is 0. The predicted molar refractivity (Wildman–Crippen MR) is 81.1 cm³/mol. The first-order chi connectivity index (χ1) is 10.2. The molecule has 1 atom stereocenters. The smallest absolute Gasteiger partial charge is 0.120 e. The van der Waals surface area contributed by atoms with Crippen LogP contribution in [-0.4, -0.2) is 6.61 Å². The normalized spacial score (nSPS) is 11.2. The number of halogens is 1. The third kappa shape index (κ3) is 4.24. The lowest BCUT2D eigenvalue weighted by molar-refractivity contribution is 0.306. The van der Waals surface area contributed by atoms with Crippen LogP contribution in [-0.2, 0) is 0 Å². The summed E-state index contributed by atoms with van der Waals surface area (Å²) < 4.78 is 5.60. The summed E-state index contributed by atoms with van der Waals surface area (Å²) in [5.41, 5.74) is 1.40. The molecule has 2 rings (SSSR count). The van der Waals surface area contributed by atoms with Gasteiger partial charge in [-0.15, -0.1) is 0 Å². The number of nitriles is 2. The van der Waals surface area contributed by atoms with Crippen molar-refractivity contribution in [3.8, 4) is 17.9 Å². The summed E-state index contributed by atoms with van der Waals surface area (Å²) in [5.74, 6) is 0.391. The standard InChI is InChI=1S/C17H13ClN2O/c18-16-5-2-6-17(10-16)21-8-7-15(12-20)14-4-1-3-13(9-14)11-19/h1-6,9-10,15H,7-8H2. The molecule has 0 radical (unpaired) electrons. The molecule has 0 amide bonds. The van der Waals surface area contributed by atoms with Crippen LogP contribution in [0.2, 0.25) is 5.02 Å². The van der Waals surface area contributed by atoms with Crippen molar-refractivity contribution in [3.63, 3.8) is 0 Å². The summed E-state index contributed by atoms with van der Waals surface area (Å²) in [5, 5.41) is 18.8. The zero-order valence-electron chi connectivity index (χ0n) is 11.3. The molecule has 0 N–H and O–H groups in total. The van der Waals surface area contributed by atoms with Gasteiger partial charge in [-0.05, 0) is 35.9 Å². The first-order valence-corrected chi connectivity index (χ1v) is 6.89. The molecule has 104 valence electrons. The molecule has 0 fully saturated rings. The van der Waals surface area contributed by atoms with E-state index in [-0.39, 0.29) is 5.92 Å². The van der Waals surface area contributed by atoms with Crippen LogP contribution < -0.4 is 4.74 Å². The van der Waals surface area contributed by atoms with Crippen LogP contribution in [0.15, 0.2) is 48.5 Å². The van der Waals surface area contributed by atoms with E-state index in [2.05, 4.69) is 12.1 Å². The van der Waals surface area contributed by atoms with Crippen molar-refractivity contribution in [1.82, 2.24) is 0 Å². The molecule has 0 aromatic heterocycles. The van der Waals surface area contributed by atoms with Gasteiger partial charge >= 0.3 is 0 Å². The molecule has 2 aromatic rings. The first-order valence-electron chi connectivity index (χ1n) is 6.51. The molecular weight excluding hydrogens is 284 g/mol. The van der Waals surface area contributed by atoms with E-state index >= 15 is 0 Å². The Labute approximate surface area is 129 Å². The molecule has 1 unspecified atom stereocenters. The monoisotopic (exact) mass is 296 g/mol. The Morgan fingerprint density at radius 3 is 2.62 bits per heavy atom. The number of ether oxygens (including phenoxy) is 1. The van der Waals surface area contributed by atoms with Gasteiger partial charge in [0.25, 0.3) is 0 Å². The van der Waals surface area contributed by atoms with Crippen LogP contribution >= 0.6 is 11.6 Å². The van der Waals surface area contributed by atoms with Crippen molar-refractivity contribution in [1.29, 1.82) is 10.5 Å². The molecule has 0 aliphatic carbocycles. The third-order valence-corrected chi connectivity index (χ3v) is 3.28. The zero-order valence-corrected chi connectivity index (χ0v) is 12.0. The highest BCUT2D eigenvalue weighted by Crippen LogP contribution is 2.22. The van der Waals surface area contributed by atoms with Gasteiger partial charge in [-0.1, -0.05) is 29.8 Å². The van der Waals surface area contributed by atoms with Gasteiger partial charge in [-0.2, -0.15) is 10.5 Å². The lowest BCUT2D eigenvalue weighted by Crippen LogP contribution is -2.04. The van der Waals surface area contributed by atoms with Crippen LogP contribution in [0.3, 0.4) is 0 Å². The minimum absolute atomic E-state index is 0.294. The molecule has 2 aromatic carbocycles. The molecule has 3 nitrogen and oxygen atoms in total. The molecular formula is C17H13ClN2O. The van der Waals surface area contributed by atoms with E-state index in [1.54, 1.807) is 30.3 Å². The van der Waals surface area contributed by atoms with Gasteiger partial charge in [0, 0.05) is 11.4 Å². The fraction of sp³-hybridized carbons (Fsp3) is 0.176. The summed E-state index contributed by atoms with van der Waals surface area (Å²) in [6.07, 6.45) is 0.553. The maximum atomic E-state index is 9.27. The molecule has 0 spiro atoms. The summed E-state index contributed by atoms with van der Waals surface area (Å²) in [6.45, 7) is 0.412. The van der Waals surface area contributed by atoms with E-state index in [4.69, 9.17) is 21.6 Å². The predicted octanol–water partition coefficient (Wildman–Crippen LogP) is 4.29. The van der Waals surface area contributed by atoms with E-state index in [1.165, 1.54) is 0 Å². The lowest BCUT2D eigenvalue weighted by Gasteiger charge is -2.11. The molecule has 0 heterocycles. The second kappa shape index (κ2) is 7.33. The van der Waals surface area contributed by atoms with Crippen molar-refractivity contribution < 1.29 is 4.74 Å². The van der Waals surface area contributed by atoms with E-state index in [0.717, 1.165) is 5.56 Å². The SMILES string of the molecule is N#Cc1cccc(C(C#N)CCOc2cccc(Cl)c2)c1. The van der Waals surface area contributed by atoms with Crippen LogP contribution in [0.1, 0.15) is 23.5 Å². The highest BCUT2D eigenvalue weighted by atomic mass is 35.5. The van der Waals surface area contributed by atoms with Gasteiger partial charge in [-0.25, -0.2) is 0 Å². The zero-order chi connectivity index (χ0) is 15.1. The molecule has 0 aliphatic heterocycles. The average molecular weight is 297 g/mol. The molecule has 0 bridgehead atoms. The fourth-order valence-corrected chi connectivity index (χ4v) is 2.16. The van der Waals surface area contributed by atoms with Crippen molar-refractivity contribution in [3.05, 3.63) is 64.7 Å². The molecule has 4 heteroatoms. The minimum Gasteiger partial charge on any atom is -0.493 e. The topological polar surface area (TPSA) is 56.8 Å². The Bertz CT molecular complexity index is 700. The van der Waals surface area contributed by atoms with Crippen LogP contribution in [0.5, 0.6) is 5.75 Å². The molecule has 0 aliphatic rings.